The summed E-state index contributed by atoms with van der Waals surface area (Å²) in [6, 6.07) is 4.48. The van der Waals surface area contributed by atoms with Crippen molar-refractivity contribution in [1.82, 2.24) is 0 Å². The van der Waals surface area contributed by atoms with Crippen molar-refractivity contribution >= 4 is 27.4 Å². The highest BCUT2D eigenvalue weighted by molar-refractivity contribution is 9.09. The number of benzene rings is 1. The molecule has 3 N–H and O–H groups in total. The van der Waals surface area contributed by atoms with Crippen molar-refractivity contribution < 1.29 is 9.90 Å². The zero-order chi connectivity index (χ0) is 10.7. The van der Waals surface area contributed by atoms with Crippen molar-refractivity contribution in [2.24, 2.45) is 0 Å². The Balaban J connectivity index is 3.47. The van der Waals surface area contributed by atoms with Gasteiger partial charge in [0.15, 0.2) is 5.78 Å². The molecule has 0 spiro atoms. The van der Waals surface area contributed by atoms with Crippen LogP contribution in [0.25, 0.3) is 0 Å². The summed E-state index contributed by atoms with van der Waals surface area (Å²) in [7, 11) is 0. The summed E-state index contributed by atoms with van der Waals surface area (Å²) in [6.45, 7) is 0. The lowest BCUT2D eigenvalue weighted by Gasteiger charge is -2.05. The number of nitrogens with zero attached hydrogens (tertiary/aromatic N) is 1. The number of carbonyl (C=O) groups is 1. The molecule has 0 amide bonds. The van der Waals surface area contributed by atoms with E-state index in [1.165, 1.54) is 12.1 Å². The first-order valence-corrected chi connectivity index (χ1v) is 4.84. The van der Waals surface area contributed by atoms with Crippen LogP contribution < -0.4 is 5.73 Å². The van der Waals surface area contributed by atoms with E-state index in [1.807, 2.05) is 0 Å². The monoisotopic (exact) mass is 254 g/mol. The molecular weight excluding hydrogens is 248 g/mol. The second-order valence-corrected chi connectivity index (χ2v) is 3.15. The van der Waals surface area contributed by atoms with Crippen LogP contribution in [0.15, 0.2) is 12.1 Å². The van der Waals surface area contributed by atoms with Crippen LogP contribution in [0.1, 0.15) is 15.9 Å². The van der Waals surface area contributed by atoms with Gasteiger partial charge in [0.05, 0.1) is 22.1 Å². The Morgan fingerprint density at radius 2 is 2.29 bits per heavy atom. The Bertz CT molecular complexity index is 424. The number of hydrogen-bond donors (Lipinski definition) is 2. The van der Waals surface area contributed by atoms with E-state index >= 15 is 0 Å². The molecule has 0 bridgehead atoms. The number of hydrogen-bond acceptors (Lipinski definition) is 4. The van der Waals surface area contributed by atoms with E-state index in [2.05, 4.69) is 15.9 Å². The van der Waals surface area contributed by atoms with Gasteiger partial charge in [-0.25, -0.2) is 0 Å². The van der Waals surface area contributed by atoms with Gasteiger partial charge in [-0.05, 0) is 12.1 Å². The van der Waals surface area contributed by atoms with E-state index < -0.39 is 0 Å². The molecule has 0 fully saturated rings. The van der Waals surface area contributed by atoms with Crippen LogP contribution in [-0.2, 0) is 0 Å². The second kappa shape index (κ2) is 4.11. The molecule has 14 heavy (non-hydrogen) atoms. The third kappa shape index (κ3) is 1.70. The fraction of sp³-hybridized carbons (Fsp3) is 0.111. The Morgan fingerprint density at radius 3 is 2.79 bits per heavy atom. The summed E-state index contributed by atoms with van der Waals surface area (Å²) in [5, 5.41) is 18.2. The Hall–Kier alpha value is -1.54. The molecule has 0 unspecified atom stereocenters. The van der Waals surface area contributed by atoms with Crippen LogP contribution in [0.3, 0.4) is 0 Å². The van der Waals surface area contributed by atoms with Crippen molar-refractivity contribution in [3.63, 3.8) is 0 Å². The highest BCUT2D eigenvalue weighted by Crippen LogP contribution is 2.26. The number of alkyl halides is 1. The molecule has 1 rings (SSSR count). The maximum absolute atomic E-state index is 11.4. The molecule has 72 valence electrons. The summed E-state index contributed by atoms with van der Waals surface area (Å²) in [4.78, 5) is 11.4. The standard InChI is InChI=1S/C9H7BrN2O2/c10-3-8(14)9-5(4-11)6(12)1-2-7(9)13/h1-2,13H,3,12H2. The number of aromatic hydroxyl groups is 1. The minimum atomic E-state index is -0.369. The minimum absolute atomic E-state index is 0.0226. The average molecular weight is 255 g/mol. The van der Waals surface area contributed by atoms with Crippen molar-refractivity contribution in [3.8, 4) is 11.8 Å². The van der Waals surface area contributed by atoms with Gasteiger partial charge in [0, 0.05) is 0 Å². The number of Topliss-reactive ketones (excluding diaryl/α,β-unsaturated/α-hetero) is 1. The molecular formula is C9H7BrN2O2. The van der Waals surface area contributed by atoms with Crippen molar-refractivity contribution in [2.75, 3.05) is 11.1 Å². The fourth-order valence-electron chi connectivity index (χ4n) is 1.08. The molecule has 1 aromatic carbocycles. The maximum Gasteiger partial charge on any atom is 0.178 e. The number of halogens is 1. The lowest BCUT2D eigenvalue weighted by atomic mass is 10.0. The zero-order valence-electron chi connectivity index (χ0n) is 7.12. The number of nitrogens with two attached hydrogens (primary N) is 1. The first kappa shape index (κ1) is 10.5. The van der Waals surface area contributed by atoms with E-state index in [0.717, 1.165) is 0 Å². The molecule has 5 heteroatoms. The number of carbonyl (C=O) groups excluding carboxylic acids is 1. The molecule has 0 aliphatic heterocycles. The van der Waals surface area contributed by atoms with Gasteiger partial charge in [-0.3, -0.25) is 4.79 Å². The number of rotatable bonds is 2. The topological polar surface area (TPSA) is 87.1 Å². The van der Waals surface area contributed by atoms with Crippen LogP contribution in [-0.4, -0.2) is 16.2 Å². The molecule has 0 aliphatic rings. The molecule has 1 aromatic rings. The summed E-state index contributed by atoms with van der Waals surface area (Å²) in [5.41, 5.74) is 5.68. The molecule has 0 atom stereocenters. The van der Waals surface area contributed by atoms with Gasteiger partial charge in [0.25, 0.3) is 0 Å². The first-order chi connectivity index (χ1) is 6.61. The third-order valence-electron chi connectivity index (χ3n) is 1.73. The van der Waals surface area contributed by atoms with Crippen LogP contribution in [0.4, 0.5) is 5.69 Å². The lowest BCUT2D eigenvalue weighted by molar-refractivity contribution is 0.102. The highest BCUT2D eigenvalue weighted by atomic mass is 79.9. The Labute approximate surface area is 89.1 Å². The van der Waals surface area contributed by atoms with E-state index in [9.17, 15) is 9.90 Å². The number of phenolic OH excluding ortho intramolecular Hbond substituents is 1. The second-order valence-electron chi connectivity index (χ2n) is 2.59. The number of anilines is 1. The van der Waals surface area contributed by atoms with E-state index in [0.29, 0.717) is 0 Å². The molecule has 0 aliphatic carbocycles. The predicted octanol–water partition coefficient (Wildman–Crippen LogP) is 1.42. The lowest BCUT2D eigenvalue weighted by Crippen LogP contribution is -2.06. The molecule has 0 heterocycles. The highest BCUT2D eigenvalue weighted by Gasteiger charge is 2.17. The molecule has 4 nitrogen and oxygen atoms in total. The number of ketones is 1. The number of nitriles is 1. The fourth-order valence-corrected chi connectivity index (χ4v) is 1.36. The largest absolute Gasteiger partial charge is 0.507 e. The Morgan fingerprint density at radius 1 is 1.64 bits per heavy atom. The van der Waals surface area contributed by atoms with Gasteiger partial charge in [-0.15, -0.1) is 0 Å². The third-order valence-corrected chi connectivity index (χ3v) is 2.24. The van der Waals surface area contributed by atoms with Gasteiger partial charge in [0.2, 0.25) is 0 Å². The van der Waals surface area contributed by atoms with Crippen molar-refractivity contribution in [3.05, 3.63) is 23.3 Å². The smallest absolute Gasteiger partial charge is 0.178 e. The normalized spacial score (nSPS) is 9.43. The molecule has 0 saturated heterocycles. The van der Waals surface area contributed by atoms with Crippen LogP contribution in [0.5, 0.6) is 5.75 Å². The van der Waals surface area contributed by atoms with Gasteiger partial charge in [-0.1, -0.05) is 15.9 Å². The van der Waals surface area contributed by atoms with Crippen LogP contribution >= 0.6 is 15.9 Å². The first-order valence-electron chi connectivity index (χ1n) is 3.72. The molecule has 0 aromatic heterocycles. The van der Waals surface area contributed by atoms with Crippen molar-refractivity contribution in [2.45, 2.75) is 0 Å². The van der Waals surface area contributed by atoms with Gasteiger partial charge >= 0.3 is 0 Å². The van der Waals surface area contributed by atoms with Gasteiger partial charge in [0.1, 0.15) is 11.8 Å². The van der Waals surface area contributed by atoms with Crippen molar-refractivity contribution in [1.29, 1.82) is 5.26 Å². The molecule has 0 radical (unpaired) electrons. The number of phenols is 1. The predicted molar refractivity (Wildman–Crippen MR) is 55.4 cm³/mol. The van der Waals surface area contributed by atoms with Gasteiger partial charge < -0.3 is 10.8 Å². The molecule has 0 saturated carbocycles. The summed E-state index contributed by atoms with van der Waals surface area (Å²) in [6.07, 6.45) is 0. The van der Waals surface area contributed by atoms with E-state index in [4.69, 9.17) is 11.0 Å². The summed E-state index contributed by atoms with van der Waals surface area (Å²) in [5.74, 6) is -0.591. The number of nitrogen functional groups attached to an aromatic ring is 1. The van der Waals surface area contributed by atoms with Crippen LogP contribution in [0.2, 0.25) is 0 Å². The summed E-state index contributed by atoms with van der Waals surface area (Å²) < 4.78 is 0. The Kier molecular flexibility index (Phi) is 3.10. The zero-order valence-corrected chi connectivity index (χ0v) is 8.71. The SMILES string of the molecule is N#Cc1c(N)ccc(O)c1C(=O)CBr. The maximum atomic E-state index is 11.4. The average Bonchev–Trinajstić information content (AvgIpc) is 2.19. The van der Waals surface area contributed by atoms with E-state index in [-0.39, 0.29) is 33.7 Å². The van der Waals surface area contributed by atoms with Crippen LogP contribution in [0, 0.1) is 11.3 Å². The quantitative estimate of drug-likeness (QED) is 0.362. The summed E-state index contributed by atoms with van der Waals surface area (Å²) >= 11 is 2.96. The minimum Gasteiger partial charge on any atom is -0.507 e. The van der Waals surface area contributed by atoms with Gasteiger partial charge in [-0.2, -0.15) is 5.26 Å². The van der Waals surface area contributed by atoms with E-state index in [1.54, 1.807) is 6.07 Å².